The van der Waals surface area contributed by atoms with Crippen molar-refractivity contribution < 1.29 is 0 Å². The van der Waals surface area contributed by atoms with Gasteiger partial charge in [-0.2, -0.15) is 0 Å². The predicted molar refractivity (Wildman–Crippen MR) is 212 cm³/mol. The van der Waals surface area contributed by atoms with Gasteiger partial charge in [-0.3, -0.25) is 15.0 Å². The van der Waals surface area contributed by atoms with Gasteiger partial charge in [0.25, 0.3) is 0 Å². The van der Waals surface area contributed by atoms with Gasteiger partial charge in [0.1, 0.15) is 0 Å². The summed E-state index contributed by atoms with van der Waals surface area (Å²) in [7, 11) is 0. The van der Waals surface area contributed by atoms with Crippen molar-refractivity contribution in [2.24, 2.45) is 4.99 Å². The molecule has 0 fully saturated rings. The minimum atomic E-state index is 0.837. The highest BCUT2D eigenvalue weighted by atomic mass is 15.0. The summed E-state index contributed by atoms with van der Waals surface area (Å²) in [5.41, 5.74) is 12.6. The van der Waals surface area contributed by atoms with Gasteiger partial charge in [0, 0.05) is 40.6 Å². The average Bonchev–Trinajstić information content (AvgIpc) is 3.55. The second-order valence-electron chi connectivity index (χ2n) is 13.2. The van der Waals surface area contributed by atoms with Crippen molar-refractivity contribution in [3.8, 4) is 27.9 Å². The molecule has 0 N–H and O–H groups in total. The lowest BCUT2D eigenvalue weighted by molar-refractivity contribution is 1.07. The smallest absolute Gasteiger partial charge is 0.0844 e. The first-order chi connectivity index (χ1) is 25.3. The fourth-order valence-corrected chi connectivity index (χ4v) is 7.95. The Morgan fingerprint density at radius 3 is 1.75 bits per heavy atom. The normalized spacial score (nSPS) is 13.2. The highest BCUT2D eigenvalue weighted by Gasteiger charge is 2.20. The van der Waals surface area contributed by atoms with Crippen LogP contribution in [0, 0.1) is 0 Å². The second-order valence-corrected chi connectivity index (χ2v) is 13.2. The summed E-state index contributed by atoms with van der Waals surface area (Å²) in [4.78, 5) is 14.4. The van der Waals surface area contributed by atoms with Crippen molar-refractivity contribution in [3.63, 3.8) is 0 Å². The number of hydrogen-bond acceptors (Lipinski definition) is 3. The van der Waals surface area contributed by atoms with Crippen LogP contribution >= 0.6 is 0 Å². The Labute approximate surface area is 295 Å². The first-order valence-corrected chi connectivity index (χ1v) is 17.5. The molecule has 0 bridgehead atoms. The molecule has 0 aliphatic carbocycles. The predicted octanol–water partition coefficient (Wildman–Crippen LogP) is 11.8. The van der Waals surface area contributed by atoms with E-state index in [0.29, 0.717) is 0 Å². The first kappa shape index (κ1) is 29.3. The Balaban J connectivity index is 0.971. The van der Waals surface area contributed by atoms with Crippen LogP contribution in [0.2, 0.25) is 0 Å². The summed E-state index contributed by atoms with van der Waals surface area (Å²) < 4.78 is 2.29. The minimum Gasteiger partial charge on any atom is -0.308 e. The largest absolute Gasteiger partial charge is 0.308 e. The molecular formula is C47H32N4. The SMILES string of the molecule is C1=C(c2c3ccccc3c(-c3ccccc3)c3ccccc23)CCC(c2ccc(-c3ccc(-n4c5ccccc5c5ccncc54)cc3)cn2)=N1. The Bertz CT molecular complexity index is 2720. The van der Waals surface area contributed by atoms with Crippen molar-refractivity contribution in [1.29, 1.82) is 0 Å². The zero-order valence-electron chi connectivity index (χ0n) is 27.9. The van der Waals surface area contributed by atoms with Gasteiger partial charge in [-0.1, -0.05) is 115 Å². The fourth-order valence-electron chi connectivity index (χ4n) is 7.95. The number of pyridine rings is 2. The number of allylic oxidation sites excluding steroid dienone is 1. The van der Waals surface area contributed by atoms with Crippen molar-refractivity contribution in [2.45, 2.75) is 12.8 Å². The summed E-state index contributed by atoms with van der Waals surface area (Å²) in [6.07, 6.45) is 9.60. The van der Waals surface area contributed by atoms with Crippen LogP contribution < -0.4 is 0 Å². The molecule has 1 aliphatic heterocycles. The molecule has 4 heteroatoms. The monoisotopic (exact) mass is 652 g/mol. The number of aliphatic imine (C=N–C) groups is 1. The van der Waals surface area contributed by atoms with E-state index in [-0.39, 0.29) is 0 Å². The minimum absolute atomic E-state index is 0.837. The van der Waals surface area contributed by atoms with E-state index in [9.17, 15) is 0 Å². The van der Waals surface area contributed by atoms with Gasteiger partial charge in [0.05, 0.1) is 28.6 Å². The maximum Gasteiger partial charge on any atom is 0.0844 e. The van der Waals surface area contributed by atoms with Crippen molar-refractivity contribution in [3.05, 3.63) is 182 Å². The van der Waals surface area contributed by atoms with Gasteiger partial charge in [-0.05, 0) is 92.5 Å². The van der Waals surface area contributed by atoms with E-state index in [1.807, 2.05) is 18.6 Å². The number of fused-ring (bicyclic) bond motifs is 5. The highest BCUT2D eigenvalue weighted by molar-refractivity contribution is 6.19. The zero-order chi connectivity index (χ0) is 33.7. The lowest BCUT2D eigenvalue weighted by atomic mass is 9.84. The maximum absolute atomic E-state index is 5.03. The molecule has 0 unspecified atom stereocenters. The molecule has 4 heterocycles. The molecule has 4 nitrogen and oxygen atoms in total. The molecule has 9 aromatic rings. The molecule has 0 saturated heterocycles. The van der Waals surface area contributed by atoms with Crippen LogP contribution in [0.3, 0.4) is 0 Å². The number of para-hydroxylation sites is 1. The van der Waals surface area contributed by atoms with Crippen LogP contribution in [0.5, 0.6) is 0 Å². The lowest BCUT2D eigenvalue weighted by Gasteiger charge is -2.21. The van der Waals surface area contributed by atoms with Gasteiger partial charge < -0.3 is 4.57 Å². The van der Waals surface area contributed by atoms with Crippen LogP contribution in [0.15, 0.2) is 175 Å². The van der Waals surface area contributed by atoms with Gasteiger partial charge in [0.15, 0.2) is 0 Å². The van der Waals surface area contributed by atoms with E-state index in [1.165, 1.54) is 60.1 Å². The molecule has 0 radical (unpaired) electrons. The van der Waals surface area contributed by atoms with E-state index in [4.69, 9.17) is 9.98 Å². The molecule has 0 amide bonds. The molecule has 0 atom stereocenters. The van der Waals surface area contributed by atoms with Crippen LogP contribution in [-0.2, 0) is 0 Å². The molecule has 6 aromatic carbocycles. The number of benzene rings is 6. The van der Waals surface area contributed by atoms with Crippen molar-refractivity contribution in [1.82, 2.24) is 14.5 Å². The van der Waals surface area contributed by atoms with Gasteiger partial charge in [-0.25, -0.2) is 0 Å². The van der Waals surface area contributed by atoms with Crippen LogP contribution in [0.25, 0.3) is 76.9 Å². The topological polar surface area (TPSA) is 43.1 Å². The van der Waals surface area contributed by atoms with E-state index in [1.54, 1.807) is 0 Å². The Hall–Kier alpha value is -6.65. The summed E-state index contributed by atoms with van der Waals surface area (Å²) in [5, 5.41) is 7.51. The Morgan fingerprint density at radius 2 is 1.08 bits per heavy atom. The number of hydrogen-bond donors (Lipinski definition) is 0. The number of rotatable bonds is 5. The van der Waals surface area contributed by atoms with E-state index >= 15 is 0 Å². The van der Waals surface area contributed by atoms with Crippen molar-refractivity contribution >= 4 is 54.6 Å². The maximum atomic E-state index is 5.03. The van der Waals surface area contributed by atoms with Crippen molar-refractivity contribution in [2.75, 3.05) is 0 Å². The molecule has 3 aromatic heterocycles. The van der Waals surface area contributed by atoms with E-state index < -0.39 is 0 Å². The summed E-state index contributed by atoms with van der Waals surface area (Å²) in [6, 6.07) is 52.0. The molecular weight excluding hydrogens is 621 g/mol. The second kappa shape index (κ2) is 12.0. The quantitative estimate of drug-likeness (QED) is 0.174. The number of nitrogens with zero attached hydrogens (tertiary/aromatic N) is 4. The third-order valence-corrected chi connectivity index (χ3v) is 10.3. The van der Waals surface area contributed by atoms with E-state index in [0.717, 1.165) is 46.6 Å². The molecule has 10 rings (SSSR count). The van der Waals surface area contributed by atoms with Crippen LogP contribution in [0.4, 0.5) is 0 Å². The third-order valence-electron chi connectivity index (χ3n) is 10.3. The average molecular weight is 653 g/mol. The summed E-state index contributed by atoms with van der Waals surface area (Å²) >= 11 is 0. The lowest BCUT2D eigenvalue weighted by Crippen LogP contribution is -2.07. The fraction of sp³-hybridized carbons (Fsp3) is 0.0426. The Morgan fingerprint density at radius 1 is 0.451 bits per heavy atom. The summed E-state index contributed by atoms with van der Waals surface area (Å²) in [5.74, 6) is 0. The molecule has 0 saturated carbocycles. The molecule has 240 valence electrons. The number of aromatic nitrogens is 3. The van der Waals surface area contributed by atoms with Gasteiger partial charge in [-0.15, -0.1) is 0 Å². The molecule has 51 heavy (non-hydrogen) atoms. The zero-order valence-corrected chi connectivity index (χ0v) is 27.9. The third kappa shape index (κ3) is 4.87. The Kier molecular flexibility index (Phi) is 6.91. The summed E-state index contributed by atoms with van der Waals surface area (Å²) in [6.45, 7) is 0. The van der Waals surface area contributed by atoms with Gasteiger partial charge in [0.2, 0.25) is 0 Å². The van der Waals surface area contributed by atoms with Crippen LogP contribution in [0.1, 0.15) is 24.1 Å². The van der Waals surface area contributed by atoms with E-state index in [2.05, 4.69) is 161 Å². The standard InChI is InChI=1S/C47H32N4/c1-2-10-32(11-3-1)46-38-13-4-6-15-40(38)47(41-16-7-5-14-39(41)46)34-21-25-43(50-29-34)42-24-20-33(28-49-42)31-18-22-35(23-19-31)51-44-17-9-8-12-36(44)37-26-27-48-30-45(37)51/h1-20,22-24,26-30H,21,25H2. The molecule has 1 aliphatic rings. The van der Waals surface area contributed by atoms with Gasteiger partial charge >= 0.3 is 0 Å². The highest BCUT2D eigenvalue weighted by Crippen LogP contribution is 2.43. The first-order valence-electron chi connectivity index (χ1n) is 17.5. The molecule has 0 spiro atoms. The van der Waals surface area contributed by atoms with Crippen LogP contribution in [-0.4, -0.2) is 20.2 Å².